The average molecular weight is 750 g/mol. The number of nitrogens with one attached hydrogen (secondary N) is 1. The highest BCUT2D eigenvalue weighted by molar-refractivity contribution is 7.99. The number of hydrogen-bond donors (Lipinski definition) is 3. The van der Waals surface area contributed by atoms with E-state index in [9.17, 15) is 41.8 Å². The Morgan fingerprint density at radius 2 is 1.36 bits per heavy atom. The van der Waals surface area contributed by atoms with Crippen LogP contribution in [0.15, 0.2) is 102 Å². The van der Waals surface area contributed by atoms with E-state index in [4.69, 9.17) is 9.47 Å². The van der Waals surface area contributed by atoms with Crippen molar-refractivity contribution in [2.24, 2.45) is 5.92 Å². The molecule has 0 aromatic heterocycles. The van der Waals surface area contributed by atoms with Crippen LogP contribution in [0.1, 0.15) is 62.3 Å². The summed E-state index contributed by atoms with van der Waals surface area (Å²) in [5.74, 6) is -13.2. The van der Waals surface area contributed by atoms with Gasteiger partial charge < -0.3 is 25.0 Å². The first kappa shape index (κ1) is 37.7. The smallest absolute Gasteiger partial charge is 0.335 e. The van der Waals surface area contributed by atoms with Gasteiger partial charge in [0.15, 0.2) is 29.6 Å². The molecule has 1 aliphatic heterocycles. The minimum absolute atomic E-state index is 0.0942. The summed E-state index contributed by atoms with van der Waals surface area (Å²) in [6, 6.07) is 28.2. The Labute approximate surface area is 305 Å². The molecule has 1 aliphatic rings. The lowest BCUT2D eigenvalue weighted by molar-refractivity contribution is -0.268. The molecule has 1 saturated heterocycles. The first-order chi connectivity index (χ1) is 25.5. The van der Waals surface area contributed by atoms with Gasteiger partial charge in [0.05, 0.1) is 24.4 Å². The van der Waals surface area contributed by atoms with Gasteiger partial charge in [0, 0.05) is 28.7 Å². The second-order valence-corrected chi connectivity index (χ2v) is 13.5. The summed E-state index contributed by atoms with van der Waals surface area (Å²) < 4.78 is 82.5. The summed E-state index contributed by atoms with van der Waals surface area (Å²) in [6.07, 6.45) is -1.44. The van der Waals surface area contributed by atoms with Gasteiger partial charge in [0.1, 0.15) is 5.56 Å². The van der Waals surface area contributed by atoms with E-state index >= 15 is 0 Å². The molecule has 274 valence electrons. The van der Waals surface area contributed by atoms with Crippen molar-refractivity contribution >= 4 is 23.6 Å². The van der Waals surface area contributed by atoms with Crippen LogP contribution in [0, 0.1) is 35.0 Å². The third kappa shape index (κ3) is 8.13. The SMILES string of the molecule is CC1C(CSc2ccc(C(=O)O)cc2)OC(c2ccc(-c3ccccc3CNC(=O)c3c(F)c(F)c(F)c(F)c3F)cc2)OC1c1ccc(CO)cc1. The molecule has 3 N–H and O–H groups in total. The number of rotatable bonds is 11. The monoisotopic (exact) mass is 749 g/mol. The van der Waals surface area contributed by atoms with Crippen molar-refractivity contribution in [2.45, 2.75) is 43.5 Å². The largest absolute Gasteiger partial charge is 0.478 e. The maximum absolute atomic E-state index is 14.2. The highest BCUT2D eigenvalue weighted by Gasteiger charge is 2.38. The Morgan fingerprint density at radius 1 is 0.755 bits per heavy atom. The van der Waals surface area contributed by atoms with Gasteiger partial charge >= 0.3 is 5.97 Å². The van der Waals surface area contributed by atoms with Crippen molar-refractivity contribution in [1.29, 1.82) is 0 Å². The van der Waals surface area contributed by atoms with Crippen LogP contribution in [0.3, 0.4) is 0 Å². The van der Waals surface area contributed by atoms with Gasteiger partial charge in [0.2, 0.25) is 5.82 Å². The molecule has 4 unspecified atom stereocenters. The quantitative estimate of drug-likeness (QED) is 0.0537. The molecule has 0 aliphatic carbocycles. The molecule has 6 rings (SSSR count). The number of benzene rings is 5. The van der Waals surface area contributed by atoms with Crippen LogP contribution in [0.5, 0.6) is 0 Å². The van der Waals surface area contributed by atoms with Crippen LogP contribution in [-0.2, 0) is 22.6 Å². The Bertz CT molecular complexity index is 2090. The summed E-state index contributed by atoms with van der Waals surface area (Å²) in [5, 5.41) is 21.1. The molecule has 5 aromatic carbocycles. The molecule has 7 nitrogen and oxygen atoms in total. The molecule has 1 amide bonds. The Kier molecular flexibility index (Phi) is 11.6. The molecular weight excluding hydrogens is 717 g/mol. The van der Waals surface area contributed by atoms with E-state index in [-0.39, 0.29) is 36.8 Å². The summed E-state index contributed by atoms with van der Waals surface area (Å²) in [4.78, 5) is 24.8. The standard InChI is InChI=1S/C40H32F5NO6S/c1-21-30(20-53-28-16-14-25(15-17-28)39(49)50)51-40(52-37(21)24-8-6-22(19-47)7-9-24)26-12-10-23(11-13-26)29-5-3-2-4-27(29)18-46-38(48)31-32(41)34(43)36(45)35(44)33(31)42/h2-17,21,30,37,40,47H,18-20H2,1H3,(H,46,48)(H,49,50). The molecule has 4 atom stereocenters. The zero-order chi connectivity index (χ0) is 37.8. The predicted molar refractivity (Wildman–Crippen MR) is 186 cm³/mol. The van der Waals surface area contributed by atoms with E-state index < -0.39 is 52.8 Å². The van der Waals surface area contributed by atoms with E-state index in [1.54, 1.807) is 48.5 Å². The summed E-state index contributed by atoms with van der Waals surface area (Å²) in [6.45, 7) is 1.66. The fourth-order valence-corrected chi connectivity index (χ4v) is 7.09. The third-order valence-corrected chi connectivity index (χ3v) is 10.1. The summed E-state index contributed by atoms with van der Waals surface area (Å²) in [7, 11) is 0. The molecule has 53 heavy (non-hydrogen) atoms. The lowest BCUT2D eigenvalue weighted by Crippen LogP contribution is -2.38. The Morgan fingerprint density at radius 3 is 1.98 bits per heavy atom. The number of ether oxygens (including phenoxy) is 2. The van der Waals surface area contributed by atoms with E-state index in [0.717, 1.165) is 16.0 Å². The van der Waals surface area contributed by atoms with Gasteiger partial charge in [-0.15, -0.1) is 11.8 Å². The van der Waals surface area contributed by atoms with E-state index in [0.29, 0.717) is 28.0 Å². The van der Waals surface area contributed by atoms with Gasteiger partial charge in [-0.25, -0.2) is 26.7 Å². The molecule has 13 heteroatoms. The third-order valence-electron chi connectivity index (χ3n) is 9.03. The average Bonchev–Trinajstić information content (AvgIpc) is 3.18. The van der Waals surface area contributed by atoms with Gasteiger partial charge in [0.25, 0.3) is 5.91 Å². The molecule has 1 heterocycles. The number of carboxylic acid groups (broad SMARTS) is 1. The second kappa shape index (κ2) is 16.3. The highest BCUT2D eigenvalue weighted by Crippen LogP contribution is 2.43. The Balaban J connectivity index is 1.21. The number of hydrogen-bond acceptors (Lipinski definition) is 6. The first-order valence-corrected chi connectivity index (χ1v) is 17.4. The van der Waals surface area contributed by atoms with Crippen LogP contribution >= 0.6 is 11.8 Å². The van der Waals surface area contributed by atoms with Crippen LogP contribution in [0.2, 0.25) is 0 Å². The van der Waals surface area contributed by atoms with Gasteiger partial charge in [-0.2, -0.15) is 0 Å². The number of thioether (sulfide) groups is 1. The van der Waals surface area contributed by atoms with Crippen LogP contribution in [0.4, 0.5) is 22.0 Å². The molecule has 1 fully saturated rings. The highest BCUT2D eigenvalue weighted by atomic mass is 32.2. The maximum atomic E-state index is 14.2. The van der Waals surface area contributed by atoms with Crippen LogP contribution in [0.25, 0.3) is 11.1 Å². The lowest BCUT2D eigenvalue weighted by Gasteiger charge is -2.41. The molecule has 0 spiro atoms. The lowest BCUT2D eigenvalue weighted by atomic mass is 9.91. The van der Waals surface area contributed by atoms with Crippen LogP contribution in [-0.4, -0.2) is 33.9 Å². The predicted octanol–water partition coefficient (Wildman–Crippen LogP) is 8.75. The number of aromatic carboxylic acids is 1. The van der Waals surface area contributed by atoms with Crippen molar-refractivity contribution < 1.29 is 51.2 Å². The number of carbonyl (C=O) groups excluding carboxylic acids is 1. The minimum atomic E-state index is -2.35. The molecule has 0 saturated carbocycles. The maximum Gasteiger partial charge on any atom is 0.335 e. The van der Waals surface area contributed by atoms with Crippen LogP contribution < -0.4 is 5.32 Å². The number of aliphatic hydroxyl groups excluding tert-OH is 1. The first-order valence-electron chi connectivity index (χ1n) is 16.4. The van der Waals surface area contributed by atoms with E-state index in [1.165, 1.54) is 11.8 Å². The molecule has 5 aromatic rings. The van der Waals surface area contributed by atoms with Gasteiger partial charge in [-0.05, 0) is 52.1 Å². The Hall–Kier alpha value is -5.08. The van der Waals surface area contributed by atoms with Crippen molar-refractivity contribution in [1.82, 2.24) is 5.32 Å². The minimum Gasteiger partial charge on any atom is -0.478 e. The van der Waals surface area contributed by atoms with E-state index in [1.807, 2.05) is 55.5 Å². The van der Waals surface area contributed by atoms with Crippen molar-refractivity contribution in [3.05, 3.63) is 160 Å². The fraction of sp³-hybridized carbons (Fsp3) is 0.200. The number of aliphatic hydroxyl groups is 1. The number of carbonyl (C=O) groups is 2. The van der Waals surface area contributed by atoms with E-state index in [2.05, 4.69) is 5.32 Å². The number of amides is 1. The summed E-state index contributed by atoms with van der Waals surface area (Å²) in [5.41, 5.74) is 2.84. The molecular formula is C40H32F5NO6S. The van der Waals surface area contributed by atoms with Gasteiger partial charge in [-0.3, -0.25) is 4.79 Å². The van der Waals surface area contributed by atoms with Crippen molar-refractivity contribution in [3.63, 3.8) is 0 Å². The topological polar surface area (TPSA) is 105 Å². The second-order valence-electron chi connectivity index (χ2n) is 12.4. The number of halogens is 5. The zero-order valence-corrected chi connectivity index (χ0v) is 28.8. The zero-order valence-electron chi connectivity index (χ0n) is 28.0. The molecule has 0 bridgehead atoms. The summed E-state index contributed by atoms with van der Waals surface area (Å²) >= 11 is 1.53. The molecule has 0 radical (unpaired) electrons. The van der Waals surface area contributed by atoms with Gasteiger partial charge in [-0.1, -0.05) is 79.7 Å². The number of carboxylic acids is 1. The fourth-order valence-electron chi connectivity index (χ4n) is 6.03. The normalized spacial score (nSPS) is 18.5. The van der Waals surface area contributed by atoms with Crippen molar-refractivity contribution in [2.75, 3.05) is 5.75 Å². The van der Waals surface area contributed by atoms with Crippen molar-refractivity contribution in [3.8, 4) is 11.1 Å².